The maximum Gasteiger partial charge on any atom is 0.243 e. The second kappa shape index (κ2) is 5.03. The fraction of sp³-hybridized carbons (Fsp3) is 0.417. The molecule has 96 valence electrons. The number of carbonyl (C=O) groups is 1. The zero-order valence-corrected chi connectivity index (χ0v) is 10.8. The van der Waals surface area contributed by atoms with Crippen LogP contribution in [0.3, 0.4) is 0 Å². The highest BCUT2D eigenvalue weighted by atomic mass is 16.2. The summed E-state index contributed by atoms with van der Waals surface area (Å²) < 4.78 is 1.73. The second-order valence-electron chi connectivity index (χ2n) is 4.41. The summed E-state index contributed by atoms with van der Waals surface area (Å²) in [5.41, 5.74) is 1.92. The zero-order valence-electron chi connectivity index (χ0n) is 10.8. The summed E-state index contributed by atoms with van der Waals surface area (Å²) in [6.07, 6.45) is 2.35. The second-order valence-corrected chi connectivity index (χ2v) is 4.41. The Hall–Kier alpha value is -2.11. The van der Waals surface area contributed by atoms with Crippen LogP contribution < -0.4 is 5.32 Å². The fourth-order valence-corrected chi connectivity index (χ4v) is 1.57. The van der Waals surface area contributed by atoms with E-state index in [4.69, 9.17) is 0 Å². The van der Waals surface area contributed by atoms with E-state index in [1.807, 2.05) is 25.3 Å². The number of hydrogen-bond acceptors (Lipinski definition) is 4. The highest BCUT2D eigenvalue weighted by Crippen LogP contribution is 2.06. The van der Waals surface area contributed by atoms with Crippen LogP contribution in [0.1, 0.15) is 12.0 Å². The van der Waals surface area contributed by atoms with Crippen molar-refractivity contribution in [1.29, 1.82) is 0 Å². The molecule has 0 saturated heterocycles. The summed E-state index contributed by atoms with van der Waals surface area (Å²) in [6.45, 7) is 2.54. The largest absolute Gasteiger partial charge is 0.352 e. The lowest BCUT2D eigenvalue weighted by Gasteiger charge is -2.09. The molecule has 18 heavy (non-hydrogen) atoms. The Morgan fingerprint density at radius 3 is 2.94 bits per heavy atom. The minimum absolute atomic E-state index is 0.0853. The van der Waals surface area contributed by atoms with Crippen molar-refractivity contribution >= 4 is 17.5 Å². The smallest absolute Gasteiger partial charge is 0.243 e. The van der Waals surface area contributed by atoms with Crippen LogP contribution in [0, 0.1) is 6.92 Å². The molecule has 2 aromatic rings. The highest BCUT2D eigenvalue weighted by Gasteiger charge is 2.05. The number of nitrogens with zero attached hydrogens (tertiary/aromatic N) is 4. The van der Waals surface area contributed by atoms with E-state index in [1.165, 1.54) is 0 Å². The SMILES string of the molecule is Cc1ccc2nc(NCCC(=O)N(C)C)nn2c1. The Kier molecular flexibility index (Phi) is 3.45. The molecule has 6 nitrogen and oxygen atoms in total. The van der Waals surface area contributed by atoms with Gasteiger partial charge in [0.15, 0.2) is 5.65 Å². The average Bonchev–Trinajstić information content (AvgIpc) is 2.70. The normalized spacial score (nSPS) is 10.6. The third kappa shape index (κ3) is 2.77. The van der Waals surface area contributed by atoms with E-state index in [2.05, 4.69) is 15.4 Å². The number of rotatable bonds is 4. The van der Waals surface area contributed by atoms with Crippen LogP contribution in [0.25, 0.3) is 5.65 Å². The monoisotopic (exact) mass is 247 g/mol. The molecule has 0 atom stereocenters. The Labute approximate surface area is 106 Å². The summed E-state index contributed by atoms with van der Waals surface area (Å²) in [7, 11) is 3.49. The van der Waals surface area contributed by atoms with Gasteiger partial charge in [-0.2, -0.15) is 4.98 Å². The number of aryl methyl sites for hydroxylation is 1. The molecule has 0 aliphatic rings. The van der Waals surface area contributed by atoms with Gasteiger partial charge in [0.05, 0.1) is 0 Å². The van der Waals surface area contributed by atoms with Crippen LogP contribution in [-0.4, -0.2) is 46.0 Å². The van der Waals surface area contributed by atoms with Crippen LogP contribution in [0.2, 0.25) is 0 Å². The molecule has 1 amide bonds. The van der Waals surface area contributed by atoms with Crippen molar-refractivity contribution in [2.45, 2.75) is 13.3 Å². The van der Waals surface area contributed by atoms with Crippen molar-refractivity contribution in [2.75, 3.05) is 26.0 Å². The van der Waals surface area contributed by atoms with Gasteiger partial charge in [0.2, 0.25) is 11.9 Å². The van der Waals surface area contributed by atoms with Crippen molar-refractivity contribution in [3.8, 4) is 0 Å². The number of anilines is 1. The quantitative estimate of drug-likeness (QED) is 0.873. The molecule has 0 fully saturated rings. The lowest BCUT2D eigenvalue weighted by Crippen LogP contribution is -2.24. The van der Waals surface area contributed by atoms with Crippen LogP contribution in [0.15, 0.2) is 18.3 Å². The Morgan fingerprint density at radius 2 is 2.22 bits per heavy atom. The van der Waals surface area contributed by atoms with E-state index in [0.717, 1.165) is 11.2 Å². The molecular formula is C12H17N5O. The lowest BCUT2D eigenvalue weighted by molar-refractivity contribution is -0.128. The first kappa shape index (κ1) is 12.3. The van der Waals surface area contributed by atoms with Gasteiger partial charge >= 0.3 is 0 Å². The summed E-state index contributed by atoms with van der Waals surface area (Å²) in [4.78, 5) is 17.3. The molecule has 0 unspecified atom stereocenters. The third-order valence-electron chi connectivity index (χ3n) is 2.60. The van der Waals surface area contributed by atoms with Crippen molar-refractivity contribution in [3.63, 3.8) is 0 Å². The molecule has 0 aliphatic carbocycles. The van der Waals surface area contributed by atoms with Gasteiger partial charge in [0.1, 0.15) is 0 Å². The number of aromatic nitrogens is 3. The van der Waals surface area contributed by atoms with Gasteiger partial charge in [-0.15, -0.1) is 5.10 Å². The molecule has 6 heteroatoms. The maximum absolute atomic E-state index is 11.4. The number of hydrogen-bond donors (Lipinski definition) is 1. The first-order chi connectivity index (χ1) is 8.56. The predicted octanol–water partition coefficient (Wildman–Crippen LogP) is 0.928. The zero-order chi connectivity index (χ0) is 13.1. The van der Waals surface area contributed by atoms with Crippen molar-refractivity contribution in [2.24, 2.45) is 0 Å². The van der Waals surface area contributed by atoms with Gasteiger partial charge in [-0.3, -0.25) is 4.79 Å². The van der Waals surface area contributed by atoms with Gasteiger partial charge in [-0.05, 0) is 18.6 Å². The van der Waals surface area contributed by atoms with E-state index >= 15 is 0 Å². The van der Waals surface area contributed by atoms with Crippen LogP contribution >= 0.6 is 0 Å². The van der Waals surface area contributed by atoms with E-state index in [1.54, 1.807) is 23.5 Å². The van der Waals surface area contributed by atoms with Crippen molar-refractivity contribution in [1.82, 2.24) is 19.5 Å². The minimum atomic E-state index is 0.0853. The number of fused-ring (bicyclic) bond motifs is 1. The number of pyridine rings is 1. The van der Waals surface area contributed by atoms with E-state index < -0.39 is 0 Å². The first-order valence-electron chi connectivity index (χ1n) is 5.83. The average molecular weight is 247 g/mol. The fourth-order valence-electron chi connectivity index (χ4n) is 1.57. The molecule has 0 saturated carbocycles. The van der Waals surface area contributed by atoms with Crippen molar-refractivity contribution in [3.05, 3.63) is 23.9 Å². The van der Waals surface area contributed by atoms with Crippen LogP contribution in [0.4, 0.5) is 5.95 Å². The molecule has 2 heterocycles. The Morgan fingerprint density at radius 1 is 1.44 bits per heavy atom. The van der Waals surface area contributed by atoms with Gasteiger partial charge in [0.25, 0.3) is 0 Å². The first-order valence-corrected chi connectivity index (χ1v) is 5.83. The highest BCUT2D eigenvalue weighted by molar-refractivity contribution is 5.76. The van der Waals surface area contributed by atoms with E-state index in [-0.39, 0.29) is 5.91 Å². The summed E-state index contributed by atoms with van der Waals surface area (Å²) >= 11 is 0. The summed E-state index contributed by atoms with van der Waals surface area (Å²) in [5.74, 6) is 0.634. The van der Waals surface area contributed by atoms with Gasteiger partial charge < -0.3 is 10.2 Å². The molecule has 2 aromatic heterocycles. The van der Waals surface area contributed by atoms with Gasteiger partial charge in [-0.1, -0.05) is 6.07 Å². The molecule has 0 spiro atoms. The summed E-state index contributed by atoms with van der Waals surface area (Å²) in [6, 6.07) is 3.90. The number of amides is 1. The lowest BCUT2D eigenvalue weighted by atomic mass is 10.3. The molecule has 0 aromatic carbocycles. The van der Waals surface area contributed by atoms with E-state index in [0.29, 0.717) is 18.9 Å². The van der Waals surface area contributed by atoms with Crippen LogP contribution in [0.5, 0.6) is 0 Å². The van der Waals surface area contributed by atoms with Crippen LogP contribution in [-0.2, 0) is 4.79 Å². The molecule has 0 aliphatic heterocycles. The number of nitrogens with one attached hydrogen (secondary N) is 1. The van der Waals surface area contributed by atoms with Gasteiger partial charge in [-0.25, -0.2) is 4.52 Å². The number of carbonyl (C=O) groups excluding carboxylic acids is 1. The third-order valence-corrected chi connectivity index (χ3v) is 2.60. The Bertz CT molecular complexity index is 561. The van der Waals surface area contributed by atoms with Crippen molar-refractivity contribution < 1.29 is 4.79 Å². The Balaban J connectivity index is 1.98. The molecular weight excluding hydrogens is 230 g/mol. The van der Waals surface area contributed by atoms with Gasteiger partial charge in [0, 0.05) is 33.3 Å². The minimum Gasteiger partial charge on any atom is -0.352 e. The molecule has 0 bridgehead atoms. The summed E-state index contributed by atoms with van der Waals surface area (Å²) in [5, 5.41) is 7.33. The standard InChI is InChI=1S/C12H17N5O/c1-9-4-5-10-14-12(15-17(10)8-9)13-7-6-11(18)16(2)3/h4-5,8H,6-7H2,1-3H3,(H,13,15). The molecule has 1 N–H and O–H groups in total. The molecule has 0 radical (unpaired) electrons. The topological polar surface area (TPSA) is 62.5 Å². The maximum atomic E-state index is 11.4. The predicted molar refractivity (Wildman–Crippen MR) is 69.5 cm³/mol. The van der Waals surface area contributed by atoms with E-state index in [9.17, 15) is 4.79 Å². The molecule has 2 rings (SSSR count).